The van der Waals surface area contributed by atoms with Crippen LogP contribution < -0.4 is 5.73 Å². The zero-order chi connectivity index (χ0) is 10.7. The van der Waals surface area contributed by atoms with Crippen LogP contribution in [0.2, 0.25) is 10.2 Å². The second-order valence-electron chi connectivity index (χ2n) is 2.77. The molecule has 1 heterocycles. The van der Waals surface area contributed by atoms with E-state index < -0.39 is 12.0 Å². The molecule has 0 spiro atoms. The summed E-state index contributed by atoms with van der Waals surface area (Å²) in [5.74, 6) is -1.06. The van der Waals surface area contributed by atoms with Crippen molar-refractivity contribution < 1.29 is 9.90 Å². The van der Waals surface area contributed by atoms with E-state index in [1.807, 2.05) is 0 Å². The molecular formula is C8H8Cl2N2O2. The highest BCUT2D eigenvalue weighted by Crippen LogP contribution is 2.20. The maximum Gasteiger partial charge on any atom is 0.320 e. The Bertz CT molecular complexity index is 357. The maximum atomic E-state index is 10.5. The second kappa shape index (κ2) is 4.59. The molecule has 3 N–H and O–H groups in total. The molecule has 0 aliphatic rings. The van der Waals surface area contributed by atoms with Gasteiger partial charge in [0.25, 0.3) is 0 Å². The molecule has 1 atom stereocenters. The number of aromatic nitrogens is 1. The van der Waals surface area contributed by atoms with Crippen LogP contribution in [0.5, 0.6) is 0 Å². The van der Waals surface area contributed by atoms with Crippen LogP contribution in [0.15, 0.2) is 12.3 Å². The summed E-state index contributed by atoms with van der Waals surface area (Å²) in [5.41, 5.74) is 5.98. The van der Waals surface area contributed by atoms with Crippen molar-refractivity contribution in [3.8, 4) is 0 Å². The highest BCUT2D eigenvalue weighted by molar-refractivity contribution is 6.41. The molecule has 0 aromatic carbocycles. The first-order valence-corrected chi connectivity index (χ1v) is 4.54. The quantitative estimate of drug-likeness (QED) is 0.775. The van der Waals surface area contributed by atoms with Crippen LogP contribution in [0.4, 0.5) is 0 Å². The first kappa shape index (κ1) is 11.2. The highest BCUT2D eigenvalue weighted by Gasteiger charge is 2.12. The van der Waals surface area contributed by atoms with Gasteiger partial charge in [-0.15, -0.1) is 0 Å². The summed E-state index contributed by atoms with van der Waals surface area (Å²) in [5, 5.41) is 9.05. The van der Waals surface area contributed by atoms with Crippen molar-refractivity contribution in [3.05, 3.63) is 28.0 Å². The standard InChI is InChI=1S/C8H8Cl2N2O2/c9-5-1-4(3-12-7(5)10)2-6(11)8(13)14/h1,3,6H,2,11H2,(H,13,14)/t6-/m0/s1. The van der Waals surface area contributed by atoms with E-state index in [1.54, 1.807) is 6.07 Å². The third-order valence-corrected chi connectivity index (χ3v) is 2.31. The number of carboxylic acids is 1. The molecule has 0 saturated carbocycles. The summed E-state index contributed by atoms with van der Waals surface area (Å²) in [4.78, 5) is 14.2. The first-order chi connectivity index (χ1) is 6.50. The van der Waals surface area contributed by atoms with Crippen molar-refractivity contribution in [1.29, 1.82) is 0 Å². The Balaban J connectivity index is 2.78. The van der Waals surface area contributed by atoms with Crippen LogP contribution in [0.25, 0.3) is 0 Å². The Morgan fingerprint density at radius 1 is 1.64 bits per heavy atom. The van der Waals surface area contributed by atoms with Gasteiger partial charge in [0.1, 0.15) is 11.2 Å². The topological polar surface area (TPSA) is 76.2 Å². The van der Waals surface area contributed by atoms with Gasteiger partial charge in [-0.1, -0.05) is 23.2 Å². The van der Waals surface area contributed by atoms with E-state index in [-0.39, 0.29) is 11.6 Å². The molecule has 1 aromatic rings. The fourth-order valence-electron chi connectivity index (χ4n) is 0.914. The average molecular weight is 235 g/mol. The first-order valence-electron chi connectivity index (χ1n) is 3.79. The Morgan fingerprint density at radius 3 is 2.79 bits per heavy atom. The van der Waals surface area contributed by atoms with Crippen molar-refractivity contribution in [3.63, 3.8) is 0 Å². The number of carboxylic acid groups (broad SMARTS) is 1. The summed E-state index contributed by atoms with van der Waals surface area (Å²) < 4.78 is 0. The van der Waals surface area contributed by atoms with Gasteiger partial charge in [0.2, 0.25) is 0 Å². The highest BCUT2D eigenvalue weighted by atomic mass is 35.5. The van der Waals surface area contributed by atoms with E-state index in [1.165, 1.54) is 6.20 Å². The normalized spacial score (nSPS) is 12.5. The van der Waals surface area contributed by atoms with Crippen LogP contribution >= 0.6 is 23.2 Å². The van der Waals surface area contributed by atoms with Gasteiger partial charge in [-0.05, 0) is 18.1 Å². The number of hydrogen-bond donors (Lipinski definition) is 2. The molecule has 14 heavy (non-hydrogen) atoms. The minimum absolute atomic E-state index is 0.180. The summed E-state index contributed by atoms with van der Waals surface area (Å²) in [6.45, 7) is 0. The summed E-state index contributed by atoms with van der Waals surface area (Å²) in [6.07, 6.45) is 1.64. The van der Waals surface area contributed by atoms with Gasteiger partial charge in [0, 0.05) is 6.20 Å². The Kier molecular flexibility index (Phi) is 3.69. The molecule has 0 amide bonds. The van der Waals surface area contributed by atoms with Gasteiger partial charge in [-0.25, -0.2) is 4.98 Å². The lowest BCUT2D eigenvalue weighted by Gasteiger charge is -2.06. The molecule has 0 aliphatic heterocycles. The fraction of sp³-hybridized carbons (Fsp3) is 0.250. The van der Waals surface area contributed by atoms with E-state index in [4.69, 9.17) is 34.0 Å². The van der Waals surface area contributed by atoms with Gasteiger partial charge < -0.3 is 10.8 Å². The molecule has 0 unspecified atom stereocenters. The summed E-state index contributed by atoms with van der Waals surface area (Å²) in [6, 6.07) is 0.605. The van der Waals surface area contributed by atoms with Crippen molar-refractivity contribution in [2.45, 2.75) is 12.5 Å². The maximum absolute atomic E-state index is 10.5. The number of rotatable bonds is 3. The number of nitrogens with zero attached hydrogens (tertiary/aromatic N) is 1. The molecule has 0 radical (unpaired) electrons. The summed E-state index contributed by atoms with van der Waals surface area (Å²) >= 11 is 11.3. The molecule has 4 nitrogen and oxygen atoms in total. The van der Waals surface area contributed by atoms with Crippen molar-refractivity contribution in [2.24, 2.45) is 5.73 Å². The van der Waals surface area contributed by atoms with Gasteiger partial charge >= 0.3 is 5.97 Å². The Hall–Kier alpha value is -0.840. The predicted molar refractivity (Wildman–Crippen MR) is 53.6 cm³/mol. The molecular weight excluding hydrogens is 227 g/mol. The number of carbonyl (C=O) groups is 1. The van der Waals surface area contributed by atoms with E-state index in [2.05, 4.69) is 4.98 Å². The lowest BCUT2D eigenvalue weighted by atomic mass is 10.1. The lowest BCUT2D eigenvalue weighted by Crippen LogP contribution is -2.32. The van der Waals surface area contributed by atoms with E-state index in [0.29, 0.717) is 10.6 Å². The fourth-order valence-corrected chi connectivity index (χ4v) is 1.21. The molecule has 1 aromatic heterocycles. The minimum Gasteiger partial charge on any atom is -0.480 e. The molecule has 0 aliphatic carbocycles. The molecule has 0 saturated heterocycles. The van der Waals surface area contributed by atoms with Crippen LogP contribution in [0, 0.1) is 0 Å². The lowest BCUT2D eigenvalue weighted by molar-refractivity contribution is -0.138. The number of nitrogens with two attached hydrogens (primary N) is 1. The van der Waals surface area contributed by atoms with E-state index in [9.17, 15) is 4.79 Å². The van der Waals surface area contributed by atoms with E-state index in [0.717, 1.165) is 0 Å². The van der Waals surface area contributed by atoms with Crippen LogP contribution in [-0.4, -0.2) is 22.1 Å². The van der Waals surface area contributed by atoms with Gasteiger partial charge in [0.05, 0.1) is 5.02 Å². The zero-order valence-corrected chi connectivity index (χ0v) is 8.59. The van der Waals surface area contributed by atoms with Crippen LogP contribution in [-0.2, 0) is 11.2 Å². The molecule has 0 bridgehead atoms. The molecule has 1 rings (SSSR count). The van der Waals surface area contributed by atoms with Crippen molar-refractivity contribution >= 4 is 29.2 Å². The van der Waals surface area contributed by atoms with Gasteiger partial charge in [0.15, 0.2) is 0 Å². The third-order valence-electron chi connectivity index (χ3n) is 1.63. The molecule has 76 valence electrons. The predicted octanol–water partition coefficient (Wildman–Crippen LogP) is 1.34. The number of pyridine rings is 1. The number of hydrogen-bond acceptors (Lipinski definition) is 3. The van der Waals surface area contributed by atoms with Crippen molar-refractivity contribution in [2.75, 3.05) is 0 Å². The van der Waals surface area contributed by atoms with Gasteiger partial charge in [-0.2, -0.15) is 0 Å². The second-order valence-corrected chi connectivity index (χ2v) is 3.53. The smallest absolute Gasteiger partial charge is 0.320 e. The van der Waals surface area contributed by atoms with Gasteiger partial charge in [-0.3, -0.25) is 4.79 Å². The van der Waals surface area contributed by atoms with Crippen molar-refractivity contribution in [1.82, 2.24) is 4.98 Å². The summed E-state index contributed by atoms with van der Waals surface area (Å²) in [7, 11) is 0. The third kappa shape index (κ3) is 2.83. The minimum atomic E-state index is -1.06. The molecule has 6 heteroatoms. The largest absolute Gasteiger partial charge is 0.480 e. The number of halogens is 2. The van der Waals surface area contributed by atoms with Crippen LogP contribution in [0.1, 0.15) is 5.56 Å². The number of aliphatic carboxylic acids is 1. The zero-order valence-electron chi connectivity index (χ0n) is 7.08. The Morgan fingerprint density at radius 2 is 2.29 bits per heavy atom. The van der Waals surface area contributed by atoms with E-state index >= 15 is 0 Å². The van der Waals surface area contributed by atoms with Crippen LogP contribution in [0.3, 0.4) is 0 Å². The Labute approximate surface area is 90.6 Å². The SMILES string of the molecule is N[C@@H](Cc1cnc(Cl)c(Cl)c1)C(=O)O. The average Bonchev–Trinajstić information content (AvgIpc) is 2.11. The monoisotopic (exact) mass is 234 g/mol. The molecule has 0 fully saturated rings.